The monoisotopic (exact) mass is 918 g/mol. The van der Waals surface area contributed by atoms with Gasteiger partial charge in [0.15, 0.2) is 0 Å². The summed E-state index contributed by atoms with van der Waals surface area (Å²) in [6.45, 7) is 4.68. The van der Waals surface area contributed by atoms with Crippen LogP contribution < -0.4 is 5.32 Å². The topological polar surface area (TPSA) is 105 Å². The number of phosphoric acid groups is 1. The minimum absolute atomic E-state index is 0.0515. The Hall–Kier alpha value is -2.06. The number of quaternary nitrogens is 1. The van der Waals surface area contributed by atoms with Gasteiger partial charge in [0.05, 0.1) is 39.9 Å². The molecule has 372 valence electrons. The average Bonchev–Trinajstić information content (AvgIpc) is 3.25. The van der Waals surface area contributed by atoms with Gasteiger partial charge >= 0.3 is 7.82 Å². The molecule has 0 aromatic carbocycles. The van der Waals surface area contributed by atoms with E-state index in [1.165, 1.54) is 122 Å². The van der Waals surface area contributed by atoms with Crippen molar-refractivity contribution in [2.24, 2.45) is 0 Å². The first-order chi connectivity index (χ1) is 31.0. The van der Waals surface area contributed by atoms with E-state index in [-0.39, 0.29) is 19.1 Å². The minimum atomic E-state index is -4.36. The number of hydrogen-bond acceptors (Lipinski definition) is 5. The van der Waals surface area contributed by atoms with Crippen LogP contribution in [0.4, 0.5) is 0 Å². The van der Waals surface area contributed by atoms with Crippen molar-refractivity contribution >= 4 is 13.7 Å². The van der Waals surface area contributed by atoms with Crippen LogP contribution in [0.5, 0.6) is 0 Å². The van der Waals surface area contributed by atoms with Crippen LogP contribution >= 0.6 is 7.82 Å². The van der Waals surface area contributed by atoms with Gasteiger partial charge in [-0.05, 0) is 64.2 Å². The van der Waals surface area contributed by atoms with E-state index in [9.17, 15) is 19.4 Å². The van der Waals surface area contributed by atoms with E-state index in [4.69, 9.17) is 9.05 Å². The van der Waals surface area contributed by atoms with Gasteiger partial charge in [0, 0.05) is 6.42 Å². The number of hydrogen-bond donors (Lipinski definition) is 3. The van der Waals surface area contributed by atoms with Gasteiger partial charge in [-0.2, -0.15) is 0 Å². The zero-order chi connectivity index (χ0) is 47.1. The van der Waals surface area contributed by atoms with Gasteiger partial charge in [0.25, 0.3) is 0 Å². The summed E-state index contributed by atoms with van der Waals surface area (Å²) >= 11 is 0. The molecule has 0 fully saturated rings. The number of carbonyl (C=O) groups excluding carboxylic acids is 1. The van der Waals surface area contributed by atoms with Gasteiger partial charge in [-0.1, -0.05) is 222 Å². The second kappa shape index (κ2) is 46.1. The molecule has 9 heteroatoms. The van der Waals surface area contributed by atoms with E-state index < -0.39 is 20.0 Å². The molecule has 0 spiro atoms. The van der Waals surface area contributed by atoms with Gasteiger partial charge in [-0.3, -0.25) is 13.8 Å². The lowest BCUT2D eigenvalue weighted by Gasteiger charge is -2.25. The van der Waals surface area contributed by atoms with Crippen molar-refractivity contribution < 1.29 is 32.9 Å². The molecule has 0 aliphatic carbocycles. The smallest absolute Gasteiger partial charge is 0.387 e. The molecule has 3 N–H and O–H groups in total. The largest absolute Gasteiger partial charge is 0.472 e. The fourth-order valence-corrected chi connectivity index (χ4v) is 8.04. The number of amides is 1. The molecule has 0 aliphatic heterocycles. The van der Waals surface area contributed by atoms with Gasteiger partial charge in [-0.15, -0.1) is 0 Å². The first-order valence-electron chi connectivity index (χ1n) is 26.3. The lowest BCUT2D eigenvalue weighted by atomic mass is 10.0. The average molecular weight is 918 g/mol. The lowest BCUT2D eigenvalue weighted by molar-refractivity contribution is -0.870. The second-order valence-corrected chi connectivity index (χ2v) is 20.3. The number of likely N-dealkylation sites (N-methyl/N-ethyl adjacent to an activating group) is 1. The number of nitrogens with zero attached hydrogens (tertiary/aromatic N) is 1. The molecule has 8 nitrogen and oxygen atoms in total. The third-order valence-electron chi connectivity index (χ3n) is 11.4. The van der Waals surface area contributed by atoms with Crippen LogP contribution in [0.25, 0.3) is 0 Å². The predicted molar refractivity (Wildman–Crippen MR) is 276 cm³/mol. The SMILES string of the molecule is CC/C=C\C/C=C\C/C=C\C/C=C\C/C=C\CCCCCC(=O)NC(COP(=O)(O)OCC[N+](C)(C)C)C(O)/C=C/CCCCCCCCCCCCCCCCCCCCCCC. The van der Waals surface area contributed by atoms with Gasteiger partial charge in [0.1, 0.15) is 13.2 Å². The Bertz CT molecular complexity index is 1270. The van der Waals surface area contributed by atoms with E-state index in [2.05, 4.69) is 79.9 Å². The van der Waals surface area contributed by atoms with Crippen molar-refractivity contribution in [2.75, 3.05) is 40.9 Å². The standard InChI is InChI=1S/C55H101N2O6P/c1-6-8-10-12-14-16-18-20-22-24-26-27-28-29-31-32-34-36-38-40-42-44-46-48-54(58)53(52-63-64(60,61)62-51-50-57(3,4)5)56-55(59)49-47-45-43-41-39-37-35-33-30-25-23-21-19-17-15-13-11-9-7-2/h9,11,15,17,21,23,30,33,37,39,46,48,53-54,58H,6-8,10,12-14,16,18-20,22,24-29,31-32,34-36,38,40-45,47,49-52H2,1-5H3,(H-,56,59,60,61)/p+1/b11-9-,17-15-,23-21-,33-30-,39-37-,48-46+. The van der Waals surface area contributed by atoms with Crippen molar-refractivity contribution in [1.29, 1.82) is 0 Å². The van der Waals surface area contributed by atoms with Crippen molar-refractivity contribution in [3.05, 3.63) is 72.9 Å². The number of aliphatic hydroxyl groups excluding tert-OH is 1. The highest BCUT2D eigenvalue weighted by molar-refractivity contribution is 7.47. The van der Waals surface area contributed by atoms with E-state index in [1.807, 2.05) is 27.2 Å². The summed E-state index contributed by atoms with van der Waals surface area (Å²) in [5.41, 5.74) is 0. The van der Waals surface area contributed by atoms with Crippen LogP contribution in [-0.2, 0) is 18.4 Å². The van der Waals surface area contributed by atoms with Gasteiger partial charge in [0.2, 0.25) is 5.91 Å². The number of phosphoric ester groups is 1. The maximum Gasteiger partial charge on any atom is 0.472 e. The van der Waals surface area contributed by atoms with E-state index in [0.717, 1.165) is 77.0 Å². The fourth-order valence-electron chi connectivity index (χ4n) is 7.30. The van der Waals surface area contributed by atoms with Crippen LogP contribution in [0, 0.1) is 0 Å². The summed E-state index contributed by atoms with van der Waals surface area (Å²) in [6.07, 6.45) is 62.7. The normalized spacial score (nSPS) is 14.7. The third-order valence-corrected chi connectivity index (χ3v) is 12.4. The molecule has 1 amide bonds. The molecule has 0 saturated carbocycles. The van der Waals surface area contributed by atoms with E-state index in [1.54, 1.807) is 6.08 Å². The van der Waals surface area contributed by atoms with E-state index in [0.29, 0.717) is 17.4 Å². The highest BCUT2D eigenvalue weighted by Gasteiger charge is 2.27. The fraction of sp³-hybridized carbons (Fsp3) is 0.764. The number of rotatable bonds is 47. The molecule has 64 heavy (non-hydrogen) atoms. The van der Waals surface area contributed by atoms with Crippen molar-refractivity contribution in [3.63, 3.8) is 0 Å². The Morgan fingerprint density at radius 3 is 1.38 bits per heavy atom. The number of aliphatic hydroxyl groups is 1. The second-order valence-electron chi connectivity index (χ2n) is 18.9. The number of unbranched alkanes of at least 4 members (excludes halogenated alkanes) is 24. The summed E-state index contributed by atoms with van der Waals surface area (Å²) in [5, 5.41) is 13.9. The first kappa shape index (κ1) is 61.9. The molecule has 3 unspecified atom stereocenters. The maximum absolute atomic E-state index is 12.9. The first-order valence-corrected chi connectivity index (χ1v) is 27.8. The molecule has 0 saturated heterocycles. The summed E-state index contributed by atoms with van der Waals surface area (Å²) in [6, 6.07) is -0.868. The Balaban J connectivity index is 4.36. The molecule has 0 aromatic heterocycles. The zero-order valence-corrected chi connectivity index (χ0v) is 43.1. The molecule has 3 atom stereocenters. The van der Waals surface area contributed by atoms with Crippen LogP contribution in [0.2, 0.25) is 0 Å². The molecular formula is C55H102N2O6P+. The van der Waals surface area contributed by atoms with Gasteiger partial charge < -0.3 is 19.8 Å². The summed E-state index contributed by atoms with van der Waals surface area (Å²) in [7, 11) is 1.54. The van der Waals surface area contributed by atoms with Crippen molar-refractivity contribution in [2.45, 2.75) is 231 Å². The number of carbonyl (C=O) groups is 1. The highest BCUT2D eigenvalue weighted by atomic mass is 31.2. The number of allylic oxidation sites excluding steroid dienone is 11. The predicted octanol–water partition coefficient (Wildman–Crippen LogP) is 15.5. The van der Waals surface area contributed by atoms with Crippen molar-refractivity contribution in [3.8, 4) is 0 Å². The van der Waals surface area contributed by atoms with Crippen LogP contribution in [0.3, 0.4) is 0 Å². The summed E-state index contributed by atoms with van der Waals surface area (Å²) < 4.78 is 23.6. The Kier molecular flexibility index (Phi) is 44.6. The molecule has 0 heterocycles. The number of nitrogens with one attached hydrogen (secondary N) is 1. The molecule has 0 bridgehead atoms. The minimum Gasteiger partial charge on any atom is -0.387 e. The molecule has 0 aliphatic rings. The van der Waals surface area contributed by atoms with Crippen molar-refractivity contribution in [1.82, 2.24) is 5.32 Å². The molecular weight excluding hydrogens is 816 g/mol. The molecule has 0 rings (SSSR count). The van der Waals surface area contributed by atoms with Crippen LogP contribution in [-0.4, -0.2) is 73.4 Å². The van der Waals surface area contributed by atoms with Gasteiger partial charge in [-0.25, -0.2) is 4.57 Å². The maximum atomic E-state index is 12.9. The highest BCUT2D eigenvalue weighted by Crippen LogP contribution is 2.43. The zero-order valence-electron chi connectivity index (χ0n) is 42.3. The van der Waals surface area contributed by atoms with Crippen LogP contribution in [0.15, 0.2) is 72.9 Å². The van der Waals surface area contributed by atoms with E-state index >= 15 is 0 Å². The quantitative estimate of drug-likeness (QED) is 0.0243. The lowest BCUT2D eigenvalue weighted by Crippen LogP contribution is -2.45. The summed E-state index contributed by atoms with van der Waals surface area (Å²) in [5.74, 6) is -0.209. The Morgan fingerprint density at radius 1 is 0.547 bits per heavy atom. The summed E-state index contributed by atoms with van der Waals surface area (Å²) in [4.78, 5) is 23.2. The Morgan fingerprint density at radius 2 is 0.938 bits per heavy atom. The molecule has 0 radical (unpaired) electrons. The van der Waals surface area contributed by atoms with Crippen LogP contribution in [0.1, 0.15) is 219 Å². The molecule has 0 aromatic rings. The third kappa shape index (κ3) is 47.9. The Labute approximate surface area is 395 Å².